The summed E-state index contributed by atoms with van der Waals surface area (Å²) >= 11 is 0. The van der Waals surface area contributed by atoms with Gasteiger partial charge in [0.1, 0.15) is 0 Å². The number of amides is 1. The largest absolute Gasteiger partial charge is 0.466 e. The number of unbranched alkanes of at least 4 members (excludes halogenated alkanes) is 70. The van der Waals surface area contributed by atoms with Gasteiger partial charge in [-0.3, -0.25) is 9.59 Å². The molecule has 6 nitrogen and oxygen atoms in total. The molecule has 0 saturated carbocycles. The van der Waals surface area contributed by atoms with E-state index in [1.54, 1.807) is 0 Å². The molecule has 0 aromatic carbocycles. The van der Waals surface area contributed by atoms with Gasteiger partial charge >= 0.3 is 5.97 Å². The van der Waals surface area contributed by atoms with E-state index in [9.17, 15) is 19.8 Å². The molecule has 0 heterocycles. The Morgan fingerprint density at radius 3 is 0.763 bits per heavy atom. The summed E-state index contributed by atoms with van der Waals surface area (Å²) in [6, 6.07) is -0.538. The van der Waals surface area contributed by atoms with Crippen LogP contribution in [0.25, 0.3) is 0 Å². The molecule has 0 saturated heterocycles. The third-order valence-corrected chi connectivity index (χ3v) is 20.8. The van der Waals surface area contributed by atoms with Crippen molar-refractivity contribution in [2.24, 2.45) is 0 Å². The molecule has 0 aliphatic rings. The monoisotopic (exact) mass is 1310 g/mol. The molecule has 6 heteroatoms. The molecule has 0 fully saturated rings. The average molecular weight is 1310 g/mol. The highest BCUT2D eigenvalue weighted by Gasteiger charge is 2.20. The SMILES string of the molecule is CCCCCCCC/C=C\CCCCCCCCCC(=O)OCCCCCCCCCCCCCCCCCCCCCCCCCCCCCCCCCCCCCCCC(=O)NC(CO)C(O)CCCCCCCCCCCCCCCCCCCCCCCC. The Morgan fingerprint density at radius 2 is 0.505 bits per heavy atom. The molecule has 0 aliphatic heterocycles. The minimum atomic E-state index is -0.661. The first-order valence-corrected chi connectivity index (χ1v) is 43.4. The lowest BCUT2D eigenvalue weighted by molar-refractivity contribution is -0.143. The molecule has 0 radical (unpaired) electrons. The van der Waals surface area contributed by atoms with Crippen LogP contribution in [0.3, 0.4) is 0 Å². The Morgan fingerprint density at radius 1 is 0.290 bits per heavy atom. The van der Waals surface area contributed by atoms with Crippen LogP contribution in [0, 0.1) is 0 Å². The first-order valence-electron chi connectivity index (χ1n) is 43.4. The van der Waals surface area contributed by atoms with Gasteiger partial charge in [0.25, 0.3) is 0 Å². The summed E-state index contributed by atoms with van der Waals surface area (Å²) in [5.74, 6) is -0.00140. The van der Waals surface area contributed by atoms with Crippen LogP contribution in [-0.2, 0) is 14.3 Å². The fourth-order valence-electron chi connectivity index (χ4n) is 14.2. The van der Waals surface area contributed by atoms with E-state index in [4.69, 9.17) is 4.74 Å². The van der Waals surface area contributed by atoms with Crippen LogP contribution in [0.15, 0.2) is 12.2 Å². The Hall–Kier alpha value is -1.40. The van der Waals surface area contributed by atoms with Crippen LogP contribution in [0.4, 0.5) is 0 Å². The number of aliphatic hydroxyl groups is 2. The van der Waals surface area contributed by atoms with Crippen molar-refractivity contribution in [1.29, 1.82) is 0 Å². The lowest BCUT2D eigenvalue weighted by atomic mass is 10.0. The van der Waals surface area contributed by atoms with Gasteiger partial charge < -0.3 is 20.3 Å². The molecule has 0 spiro atoms. The third-order valence-electron chi connectivity index (χ3n) is 20.8. The fraction of sp³-hybridized carbons (Fsp3) is 0.954. The van der Waals surface area contributed by atoms with Crippen LogP contribution in [0.2, 0.25) is 0 Å². The number of esters is 1. The summed E-state index contributed by atoms with van der Waals surface area (Å²) in [5, 5.41) is 23.5. The number of carbonyl (C=O) groups is 2. The molecule has 2 unspecified atom stereocenters. The van der Waals surface area contributed by atoms with E-state index in [1.165, 1.54) is 437 Å². The lowest BCUT2D eigenvalue weighted by Gasteiger charge is -2.22. The van der Waals surface area contributed by atoms with E-state index in [0.717, 1.165) is 38.5 Å². The maximum atomic E-state index is 12.6. The predicted octanol–water partition coefficient (Wildman–Crippen LogP) is 29.0. The normalized spacial score (nSPS) is 12.4. The molecule has 554 valence electrons. The van der Waals surface area contributed by atoms with Crippen molar-refractivity contribution in [2.45, 2.75) is 520 Å². The molecule has 2 atom stereocenters. The number of hydrogen-bond donors (Lipinski definition) is 3. The highest BCUT2D eigenvalue weighted by Crippen LogP contribution is 2.21. The first-order chi connectivity index (χ1) is 46.0. The van der Waals surface area contributed by atoms with Gasteiger partial charge in [0.05, 0.1) is 25.4 Å². The van der Waals surface area contributed by atoms with Crippen molar-refractivity contribution in [3.05, 3.63) is 12.2 Å². The molecular formula is C87H171NO5. The Balaban J connectivity index is 3.30. The van der Waals surface area contributed by atoms with Crippen molar-refractivity contribution < 1.29 is 24.5 Å². The molecule has 0 aromatic rings. The van der Waals surface area contributed by atoms with E-state index >= 15 is 0 Å². The molecule has 0 aliphatic carbocycles. The van der Waals surface area contributed by atoms with Crippen LogP contribution in [0.1, 0.15) is 508 Å². The molecule has 1 amide bonds. The smallest absolute Gasteiger partial charge is 0.305 e. The summed E-state index contributed by atoms with van der Waals surface area (Å²) in [4.78, 5) is 24.7. The average Bonchev–Trinajstić information content (AvgIpc) is 3.78. The van der Waals surface area contributed by atoms with Crippen molar-refractivity contribution >= 4 is 11.9 Å². The van der Waals surface area contributed by atoms with Gasteiger partial charge in [-0.1, -0.05) is 456 Å². The lowest BCUT2D eigenvalue weighted by Crippen LogP contribution is -2.45. The van der Waals surface area contributed by atoms with Crippen molar-refractivity contribution in [1.82, 2.24) is 5.32 Å². The van der Waals surface area contributed by atoms with Gasteiger partial charge in [0, 0.05) is 12.8 Å². The second-order valence-electron chi connectivity index (χ2n) is 30.2. The van der Waals surface area contributed by atoms with Crippen LogP contribution in [-0.4, -0.2) is 47.4 Å². The van der Waals surface area contributed by atoms with Crippen molar-refractivity contribution in [3.63, 3.8) is 0 Å². The van der Waals surface area contributed by atoms with Crippen molar-refractivity contribution in [2.75, 3.05) is 13.2 Å². The maximum absolute atomic E-state index is 12.6. The third kappa shape index (κ3) is 79.5. The predicted molar refractivity (Wildman–Crippen MR) is 412 cm³/mol. The zero-order valence-corrected chi connectivity index (χ0v) is 63.8. The topological polar surface area (TPSA) is 95.9 Å². The number of hydrogen-bond acceptors (Lipinski definition) is 5. The second kappa shape index (κ2) is 83.0. The Bertz CT molecular complexity index is 1420. The fourth-order valence-corrected chi connectivity index (χ4v) is 14.2. The minimum Gasteiger partial charge on any atom is -0.466 e. The number of ether oxygens (including phenoxy) is 1. The van der Waals surface area contributed by atoms with E-state index in [2.05, 4.69) is 31.3 Å². The van der Waals surface area contributed by atoms with Crippen LogP contribution >= 0.6 is 0 Å². The number of allylic oxidation sites excluding steroid dienone is 2. The molecule has 0 aromatic heterocycles. The molecule has 0 bridgehead atoms. The number of nitrogens with one attached hydrogen (secondary N) is 1. The van der Waals surface area contributed by atoms with Gasteiger partial charge in [-0.2, -0.15) is 0 Å². The second-order valence-corrected chi connectivity index (χ2v) is 30.2. The Labute approximate surface area is 584 Å². The summed E-state index contributed by atoms with van der Waals surface area (Å²) < 4.78 is 5.52. The van der Waals surface area contributed by atoms with E-state index < -0.39 is 12.1 Å². The number of aliphatic hydroxyl groups excluding tert-OH is 2. The summed E-state index contributed by atoms with van der Waals surface area (Å²) in [7, 11) is 0. The van der Waals surface area contributed by atoms with Gasteiger partial charge in [-0.15, -0.1) is 0 Å². The molecule has 0 rings (SSSR count). The zero-order chi connectivity index (χ0) is 67.0. The minimum absolute atomic E-state index is 0.0215. The highest BCUT2D eigenvalue weighted by atomic mass is 16.5. The summed E-state index contributed by atoms with van der Waals surface area (Å²) in [6.07, 6.45) is 106. The maximum Gasteiger partial charge on any atom is 0.305 e. The standard InChI is InChI=1S/C87H171NO5/c1-3-5-7-9-11-13-15-17-19-21-22-23-41-44-48-51-55-59-63-67-71-75-79-85(90)84(83-89)88-86(91)80-76-72-68-64-60-56-52-49-45-42-39-37-35-33-31-29-27-25-24-26-28-30-32-34-36-38-40-43-46-50-54-58-62-66-70-74-78-82-93-87(92)81-77-73-69-65-61-57-53-47-20-18-16-14-12-10-8-6-4-2/h18,20,84-85,89-90H,3-17,19,21-83H2,1-2H3,(H,88,91)/b20-18-. The first kappa shape index (κ1) is 91.6. The quantitative estimate of drug-likeness (QED) is 0.0320. The van der Waals surface area contributed by atoms with Crippen LogP contribution in [0.5, 0.6) is 0 Å². The van der Waals surface area contributed by atoms with Gasteiger partial charge in [-0.05, 0) is 51.4 Å². The van der Waals surface area contributed by atoms with Gasteiger partial charge in [-0.25, -0.2) is 0 Å². The summed E-state index contributed by atoms with van der Waals surface area (Å²) in [5.41, 5.74) is 0. The van der Waals surface area contributed by atoms with Crippen LogP contribution < -0.4 is 5.32 Å². The van der Waals surface area contributed by atoms with E-state index in [-0.39, 0.29) is 18.5 Å². The van der Waals surface area contributed by atoms with Gasteiger partial charge in [0.15, 0.2) is 0 Å². The molecule has 3 N–H and O–H groups in total. The van der Waals surface area contributed by atoms with Crippen molar-refractivity contribution in [3.8, 4) is 0 Å². The number of rotatable bonds is 83. The molecule has 93 heavy (non-hydrogen) atoms. The highest BCUT2D eigenvalue weighted by molar-refractivity contribution is 5.76. The molecular weight excluding hydrogens is 1140 g/mol. The summed E-state index contributed by atoms with van der Waals surface area (Å²) in [6.45, 7) is 5.01. The number of carbonyl (C=O) groups excluding carboxylic acids is 2. The zero-order valence-electron chi connectivity index (χ0n) is 63.8. The van der Waals surface area contributed by atoms with Gasteiger partial charge in [0.2, 0.25) is 5.91 Å². The Kier molecular flexibility index (Phi) is 81.8. The van der Waals surface area contributed by atoms with E-state index in [1.807, 2.05) is 0 Å². The van der Waals surface area contributed by atoms with E-state index in [0.29, 0.717) is 25.9 Å².